The van der Waals surface area contributed by atoms with Gasteiger partial charge in [-0.2, -0.15) is 0 Å². The first-order valence-electron chi connectivity index (χ1n) is 12.3. The summed E-state index contributed by atoms with van der Waals surface area (Å²) in [6, 6.07) is 10.9. The number of halogens is 2. The molecule has 0 heterocycles. The Balaban J connectivity index is 1.48. The fourth-order valence-electron chi connectivity index (χ4n) is 6.02. The first-order valence-corrected chi connectivity index (χ1v) is 12.3. The molecular formula is C29H36F2. The van der Waals surface area contributed by atoms with Gasteiger partial charge in [0.25, 0.3) is 0 Å². The first kappa shape index (κ1) is 22.2. The van der Waals surface area contributed by atoms with E-state index < -0.39 is 11.6 Å². The molecule has 0 bridgehead atoms. The molecule has 166 valence electrons. The average molecular weight is 423 g/mol. The van der Waals surface area contributed by atoms with Gasteiger partial charge in [0.2, 0.25) is 0 Å². The van der Waals surface area contributed by atoms with Crippen LogP contribution in [0.25, 0.3) is 11.1 Å². The van der Waals surface area contributed by atoms with Crippen molar-refractivity contribution >= 4 is 0 Å². The number of benzene rings is 2. The van der Waals surface area contributed by atoms with Gasteiger partial charge in [0, 0.05) is 0 Å². The van der Waals surface area contributed by atoms with E-state index in [9.17, 15) is 0 Å². The molecule has 2 aromatic rings. The fourth-order valence-corrected chi connectivity index (χ4v) is 6.02. The van der Waals surface area contributed by atoms with Crippen molar-refractivity contribution in [2.75, 3.05) is 0 Å². The highest BCUT2D eigenvalue weighted by atomic mass is 19.1. The van der Waals surface area contributed by atoms with Gasteiger partial charge in [-0.15, -0.1) is 0 Å². The van der Waals surface area contributed by atoms with Crippen LogP contribution in [0.2, 0.25) is 0 Å². The molecule has 2 aliphatic rings. The van der Waals surface area contributed by atoms with Crippen molar-refractivity contribution in [1.29, 1.82) is 0 Å². The molecule has 0 spiro atoms. The van der Waals surface area contributed by atoms with Crippen LogP contribution in [0.3, 0.4) is 0 Å². The molecule has 31 heavy (non-hydrogen) atoms. The third-order valence-corrected chi connectivity index (χ3v) is 7.91. The minimum absolute atomic E-state index is 0.112. The van der Waals surface area contributed by atoms with Crippen molar-refractivity contribution < 1.29 is 8.78 Å². The van der Waals surface area contributed by atoms with E-state index in [-0.39, 0.29) is 5.56 Å². The summed E-state index contributed by atoms with van der Waals surface area (Å²) < 4.78 is 30.2. The molecule has 2 fully saturated rings. The largest absolute Gasteiger partial charge is 0.206 e. The lowest BCUT2D eigenvalue weighted by atomic mass is 9.63. The summed E-state index contributed by atoms with van der Waals surface area (Å²) in [5, 5.41) is 0. The molecule has 0 nitrogen and oxygen atoms in total. The summed E-state index contributed by atoms with van der Waals surface area (Å²) in [6.07, 6.45) is 14.8. The summed E-state index contributed by atoms with van der Waals surface area (Å²) in [5.74, 6) is 1.91. The van der Waals surface area contributed by atoms with Crippen molar-refractivity contribution in [3.8, 4) is 11.1 Å². The molecular weight excluding hydrogens is 386 g/mol. The molecule has 2 heteroatoms. The predicted octanol–water partition coefficient (Wildman–Crippen LogP) is 8.85. The van der Waals surface area contributed by atoms with E-state index in [0.717, 1.165) is 49.0 Å². The number of hydrogen-bond donors (Lipinski definition) is 0. The summed E-state index contributed by atoms with van der Waals surface area (Å²) in [6.45, 7) is 4.32. The van der Waals surface area contributed by atoms with E-state index in [1.54, 1.807) is 12.1 Å². The van der Waals surface area contributed by atoms with Crippen LogP contribution in [0.4, 0.5) is 8.78 Å². The van der Waals surface area contributed by atoms with Gasteiger partial charge >= 0.3 is 0 Å². The zero-order chi connectivity index (χ0) is 21.8. The predicted molar refractivity (Wildman–Crippen MR) is 126 cm³/mol. The molecule has 2 aromatic carbocycles. The van der Waals surface area contributed by atoms with E-state index >= 15 is 8.78 Å². The van der Waals surface area contributed by atoms with E-state index in [4.69, 9.17) is 0 Å². The molecule has 0 radical (unpaired) electrons. The summed E-state index contributed by atoms with van der Waals surface area (Å²) in [4.78, 5) is 0. The van der Waals surface area contributed by atoms with Crippen molar-refractivity contribution in [3.63, 3.8) is 0 Å². The second-order valence-corrected chi connectivity index (χ2v) is 9.78. The Labute approximate surface area is 186 Å². The highest BCUT2D eigenvalue weighted by Crippen LogP contribution is 2.48. The van der Waals surface area contributed by atoms with Crippen LogP contribution >= 0.6 is 0 Å². The maximum Gasteiger partial charge on any atom is 0.134 e. The van der Waals surface area contributed by atoms with Crippen LogP contribution in [0.1, 0.15) is 82.3 Å². The smallest absolute Gasteiger partial charge is 0.134 e. The first-order chi connectivity index (χ1) is 15.1. The lowest BCUT2D eigenvalue weighted by Crippen LogP contribution is -2.30. The molecule has 4 unspecified atom stereocenters. The Hall–Kier alpha value is -1.96. The zero-order valence-electron chi connectivity index (χ0n) is 19.0. The molecule has 4 atom stereocenters. The molecule has 2 aliphatic carbocycles. The van der Waals surface area contributed by atoms with Crippen LogP contribution in [0.5, 0.6) is 0 Å². The van der Waals surface area contributed by atoms with Gasteiger partial charge in [-0.1, -0.05) is 56.2 Å². The lowest BCUT2D eigenvalue weighted by Gasteiger charge is -2.42. The van der Waals surface area contributed by atoms with E-state index in [1.165, 1.54) is 37.7 Å². The highest BCUT2D eigenvalue weighted by molar-refractivity contribution is 5.65. The van der Waals surface area contributed by atoms with E-state index in [0.29, 0.717) is 11.5 Å². The molecule has 0 aromatic heterocycles. The minimum atomic E-state index is -0.423. The van der Waals surface area contributed by atoms with Crippen LogP contribution in [0.15, 0.2) is 48.6 Å². The van der Waals surface area contributed by atoms with Gasteiger partial charge in [0.15, 0.2) is 0 Å². The SMILES string of the molecule is CC=CCCc1ccc(-c2c(F)cc(C3CCC4CC(CC)CCC4C3)cc2F)cc1. The normalized spacial score (nSPS) is 26.2. The minimum Gasteiger partial charge on any atom is -0.206 e. The quantitative estimate of drug-likeness (QED) is 0.408. The van der Waals surface area contributed by atoms with Crippen molar-refractivity contribution in [2.24, 2.45) is 17.8 Å². The van der Waals surface area contributed by atoms with Crippen LogP contribution in [0, 0.1) is 29.4 Å². The fraction of sp³-hybridized carbons (Fsp3) is 0.517. The summed E-state index contributed by atoms with van der Waals surface area (Å²) >= 11 is 0. The Morgan fingerprint density at radius 1 is 0.903 bits per heavy atom. The lowest BCUT2D eigenvalue weighted by molar-refractivity contribution is 0.116. The third kappa shape index (κ3) is 5.10. The maximum absolute atomic E-state index is 15.1. The Morgan fingerprint density at radius 3 is 2.26 bits per heavy atom. The van der Waals surface area contributed by atoms with Crippen molar-refractivity contribution in [2.45, 2.75) is 77.6 Å². The van der Waals surface area contributed by atoms with E-state index in [2.05, 4.69) is 13.0 Å². The number of hydrogen-bond acceptors (Lipinski definition) is 0. The van der Waals surface area contributed by atoms with Gasteiger partial charge in [-0.05, 0) is 104 Å². The van der Waals surface area contributed by atoms with E-state index in [1.807, 2.05) is 37.3 Å². The zero-order valence-corrected chi connectivity index (χ0v) is 19.0. The van der Waals surface area contributed by atoms with Crippen LogP contribution in [-0.2, 0) is 6.42 Å². The highest BCUT2D eigenvalue weighted by Gasteiger charge is 2.35. The number of allylic oxidation sites excluding steroid dienone is 2. The van der Waals surface area contributed by atoms with Crippen LogP contribution < -0.4 is 0 Å². The Bertz CT molecular complexity index is 872. The average Bonchev–Trinajstić information content (AvgIpc) is 2.79. The molecule has 2 saturated carbocycles. The molecule has 0 saturated heterocycles. The standard InChI is InChI=1S/C29H36F2/c1-3-5-6-7-21-9-11-22(12-10-21)29-27(30)18-26(19-28(29)31)25-15-14-23-16-20(4-2)8-13-24(23)17-25/h3,5,9-12,18-20,23-25H,4,6-8,13-17H2,1-2H3. The Morgan fingerprint density at radius 2 is 1.58 bits per heavy atom. The Kier molecular flexibility index (Phi) is 7.25. The molecule has 0 amide bonds. The summed E-state index contributed by atoms with van der Waals surface area (Å²) in [7, 11) is 0. The summed E-state index contributed by atoms with van der Waals surface area (Å²) in [5.41, 5.74) is 2.78. The second-order valence-electron chi connectivity index (χ2n) is 9.78. The van der Waals surface area contributed by atoms with Crippen molar-refractivity contribution in [1.82, 2.24) is 0 Å². The number of rotatable bonds is 6. The number of aryl methyl sites for hydroxylation is 1. The van der Waals surface area contributed by atoms with Crippen molar-refractivity contribution in [3.05, 3.63) is 71.3 Å². The van der Waals surface area contributed by atoms with Gasteiger partial charge in [-0.3, -0.25) is 0 Å². The monoisotopic (exact) mass is 422 g/mol. The molecule has 0 N–H and O–H groups in total. The number of fused-ring (bicyclic) bond motifs is 1. The third-order valence-electron chi connectivity index (χ3n) is 7.91. The maximum atomic E-state index is 15.1. The van der Waals surface area contributed by atoms with Gasteiger partial charge in [0.05, 0.1) is 5.56 Å². The second kappa shape index (κ2) is 10.1. The van der Waals surface area contributed by atoms with Gasteiger partial charge in [0.1, 0.15) is 11.6 Å². The van der Waals surface area contributed by atoms with Crippen LogP contribution in [-0.4, -0.2) is 0 Å². The molecule has 4 rings (SSSR count). The van der Waals surface area contributed by atoms with Gasteiger partial charge in [-0.25, -0.2) is 8.78 Å². The van der Waals surface area contributed by atoms with Gasteiger partial charge < -0.3 is 0 Å². The topological polar surface area (TPSA) is 0 Å². The molecule has 0 aliphatic heterocycles.